The number of nitrogens with two attached hydrogens (primary N) is 1. The molecule has 0 fully saturated rings. The van der Waals surface area contributed by atoms with Gasteiger partial charge in [-0.05, 0) is 18.9 Å². The Balaban J connectivity index is 3.81. The minimum atomic E-state index is 1.01. The summed E-state index contributed by atoms with van der Waals surface area (Å²) in [4.78, 5) is 0. The van der Waals surface area contributed by atoms with Gasteiger partial charge < -0.3 is 5.43 Å². The first-order valence-corrected chi connectivity index (χ1v) is 3.13. The molecule has 0 aliphatic carbocycles. The van der Waals surface area contributed by atoms with E-state index in [1.807, 2.05) is 19.1 Å². The molecule has 52 valence electrons. The van der Waals surface area contributed by atoms with E-state index in [0.29, 0.717) is 0 Å². The minimum absolute atomic E-state index is 1.01. The van der Waals surface area contributed by atoms with Gasteiger partial charge in [-0.25, -0.2) is 0 Å². The fourth-order valence-corrected chi connectivity index (χ4v) is 0.589. The predicted octanol–water partition coefficient (Wildman–Crippen LogP) is 1.32. The average molecular weight is 126 g/mol. The maximum absolute atomic E-state index is 5.07. The molecule has 0 amide bonds. The van der Waals surface area contributed by atoms with E-state index in [1.165, 1.54) is 5.57 Å². The van der Waals surface area contributed by atoms with Crippen molar-refractivity contribution in [3.63, 3.8) is 0 Å². The van der Waals surface area contributed by atoms with Gasteiger partial charge in [-0.15, -0.1) is 0 Å². The highest BCUT2D eigenvalue weighted by molar-refractivity contribution is 5.16. The zero-order chi connectivity index (χ0) is 7.11. The molecule has 0 aromatic rings. The molecule has 0 radical (unpaired) electrons. The number of hydrogen-bond acceptors (Lipinski definition) is 2. The molecule has 0 unspecified atom stereocenters. The maximum atomic E-state index is 5.07. The summed E-state index contributed by atoms with van der Waals surface area (Å²) >= 11 is 0. The van der Waals surface area contributed by atoms with Crippen LogP contribution in [0.2, 0.25) is 0 Å². The van der Waals surface area contributed by atoms with Crippen LogP contribution in [0.4, 0.5) is 0 Å². The first-order valence-electron chi connectivity index (χ1n) is 3.13. The summed E-state index contributed by atoms with van der Waals surface area (Å²) in [5.41, 5.74) is 3.70. The van der Waals surface area contributed by atoms with Crippen molar-refractivity contribution >= 4 is 0 Å². The van der Waals surface area contributed by atoms with Crippen LogP contribution in [0.3, 0.4) is 0 Å². The summed E-state index contributed by atoms with van der Waals surface area (Å²) in [5.74, 6) is 5.07. The maximum Gasteiger partial charge on any atom is 0.0154 e. The number of hydrogen-bond donors (Lipinski definition) is 2. The van der Waals surface area contributed by atoms with E-state index in [2.05, 4.69) is 12.3 Å². The van der Waals surface area contributed by atoms with E-state index < -0.39 is 0 Å². The largest absolute Gasteiger partial charge is 0.331 e. The van der Waals surface area contributed by atoms with Gasteiger partial charge in [0.1, 0.15) is 0 Å². The fraction of sp³-hybridized carbons (Fsp3) is 0.429. The molecule has 0 rings (SSSR count). The monoisotopic (exact) mass is 126 g/mol. The number of hydrazine groups is 1. The standard InChI is InChI=1S/C7H14N2/c1-3-5-7(4-2)6-9-8/h3,5-6,9H,4,8H2,1-2H3/b5-3-,7-6-. The van der Waals surface area contributed by atoms with Crippen LogP contribution in [-0.4, -0.2) is 0 Å². The summed E-state index contributed by atoms with van der Waals surface area (Å²) < 4.78 is 0. The third-order valence-electron chi connectivity index (χ3n) is 1.06. The van der Waals surface area contributed by atoms with Crippen LogP contribution < -0.4 is 11.3 Å². The highest BCUT2D eigenvalue weighted by Gasteiger charge is 1.82. The third kappa shape index (κ3) is 3.79. The Kier molecular flexibility index (Phi) is 4.92. The molecule has 3 N–H and O–H groups in total. The van der Waals surface area contributed by atoms with Crippen molar-refractivity contribution in [3.05, 3.63) is 23.9 Å². The molecule has 0 aromatic heterocycles. The van der Waals surface area contributed by atoms with Crippen molar-refractivity contribution in [2.75, 3.05) is 0 Å². The second-order valence-corrected chi connectivity index (χ2v) is 1.74. The van der Waals surface area contributed by atoms with Crippen LogP contribution in [0.15, 0.2) is 23.9 Å². The molecule has 0 aliphatic rings. The van der Waals surface area contributed by atoms with Gasteiger partial charge in [0, 0.05) is 6.20 Å². The minimum Gasteiger partial charge on any atom is -0.331 e. The van der Waals surface area contributed by atoms with Gasteiger partial charge in [0.15, 0.2) is 0 Å². The van der Waals surface area contributed by atoms with E-state index in [-0.39, 0.29) is 0 Å². The molecule has 0 aromatic carbocycles. The molecular weight excluding hydrogens is 112 g/mol. The number of rotatable bonds is 3. The summed E-state index contributed by atoms with van der Waals surface area (Å²) in [5, 5.41) is 0. The lowest BCUT2D eigenvalue weighted by Crippen LogP contribution is -2.13. The van der Waals surface area contributed by atoms with Gasteiger partial charge >= 0.3 is 0 Å². The van der Waals surface area contributed by atoms with Crippen molar-refractivity contribution in [3.8, 4) is 0 Å². The van der Waals surface area contributed by atoms with Crippen molar-refractivity contribution in [1.82, 2.24) is 5.43 Å². The highest BCUT2D eigenvalue weighted by atomic mass is 15.2. The Bertz CT molecular complexity index is 114. The van der Waals surface area contributed by atoms with Crippen molar-refractivity contribution in [1.29, 1.82) is 0 Å². The molecule has 2 nitrogen and oxygen atoms in total. The van der Waals surface area contributed by atoms with Crippen LogP contribution in [0.5, 0.6) is 0 Å². The summed E-state index contributed by atoms with van der Waals surface area (Å²) in [6.45, 7) is 4.07. The fourth-order valence-electron chi connectivity index (χ4n) is 0.589. The Morgan fingerprint density at radius 3 is 2.67 bits per heavy atom. The van der Waals surface area contributed by atoms with Crippen LogP contribution in [0.1, 0.15) is 20.3 Å². The van der Waals surface area contributed by atoms with Crippen LogP contribution in [-0.2, 0) is 0 Å². The van der Waals surface area contributed by atoms with Crippen LogP contribution in [0.25, 0.3) is 0 Å². The molecule has 0 heterocycles. The SMILES string of the molecule is C/C=C\C(=C/NN)CC. The van der Waals surface area contributed by atoms with Gasteiger partial charge in [-0.1, -0.05) is 19.1 Å². The Labute approximate surface area is 56.4 Å². The van der Waals surface area contributed by atoms with Gasteiger partial charge in [0.25, 0.3) is 0 Å². The van der Waals surface area contributed by atoms with Crippen molar-refractivity contribution < 1.29 is 0 Å². The topological polar surface area (TPSA) is 38.0 Å². The van der Waals surface area contributed by atoms with E-state index in [0.717, 1.165) is 6.42 Å². The average Bonchev–Trinajstić information content (AvgIpc) is 1.88. The van der Waals surface area contributed by atoms with Gasteiger partial charge in [0.05, 0.1) is 0 Å². The lowest BCUT2D eigenvalue weighted by molar-refractivity contribution is 0.941. The van der Waals surface area contributed by atoms with Crippen LogP contribution >= 0.6 is 0 Å². The Morgan fingerprint density at radius 2 is 2.33 bits per heavy atom. The van der Waals surface area contributed by atoms with Crippen LogP contribution in [0, 0.1) is 0 Å². The first-order chi connectivity index (χ1) is 4.35. The lowest BCUT2D eigenvalue weighted by atomic mass is 10.2. The van der Waals surface area contributed by atoms with Gasteiger partial charge in [-0.3, -0.25) is 5.84 Å². The molecule has 9 heavy (non-hydrogen) atoms. The molecular formula is C7H14N2. The second-order valence-electron chi connectivity index (χ2n) is 1.74. The lowest BCUT2D eigenvalue weighted by Gasteiger charge is -1.94. The highest BCUT2D eigenvalue weighted by Crippen LogP contribution is 1.98. The predicted molar refractivity (Wildman–Crippen MR) is 40.5 cm³/mol. The third-order valence-corrected chi connectivity index (χ3v) is 1.06. The van der Waals surface area contributed by atoms with Gasteiger partial charge in [0.2, 0.25) is 0 Å². The van der Waals surface area contributed by atoms with E-state index >= 15 is 0 Å². The quantitative estimate of drug-likeness (QED) is 0.340. The number of allylic oxidation sites excluding steroid dienone is 3. The summed E-state index contributed by atoms with van der Waals surface area (Å²) in [6, 6.07) is 0. The smallest absolute Gasteiger partial charge is 0.0154 e. The first kappa shape index (κ1) is 8.24. The van der Waals surface area contributed by atoms with Crippen molar-refractivity contribution in [2.45, 2.75) is 20.3 Å². The molecule has 2 heteroatoms. The molecule has 0 saturated carbocycles. The van der Waals surface area contributed by atoms with Gasteiger partial charge in [-0.2, -0.15) is 0 Å². The summed E-state index contributed by atoms with van der Waals surface area (Å²) in [7, 11) is 0. The Hall–Kier alpha value is -0.760. The second kappa shape index (κ2) is 5.38. The summed E-state index contributed by atoms with van der Waals surface area (Å²) in [6.07, 6.45) is 6.82. The zero-order valence-corrected chi connectivity index (χ0v) is 6.02. The van der Waals surface area contributed by atoms with Crippen molar-refractivity contribution in [2.24, 2.45) is 5.84 Å². The van der Waals surface area contributed by atoms with E-state index in [4.69, 9.17) is 5.84 Å². The number of nitrogens with one attached hydrogen (secondary N) is 1. The van der Waals surface area contributed by atoms with E-state index in [9.17, 15) is 0 Å². The molecule has 0 spiro atoms. The molecule has 0 saturated heterocycles. The Morgan fingerprint density at radius 1 is 1.67 bits per heavy atom. The van der Waals surface area contributed by atoms with E-state index in [1.54, 1.807) is 6.20 Å². The normalized spacial score (nSPS) is 12.6. The molecule has 0 atom stereocenters. The molecule has 0 bridgehead atoms. The zero-order valence-electron chi connectivity index (χ0n) is 6.02. The molecule has 0 aliphatic heterocycles.